The van der Waals surface area contributed by atoms with Crippen molar-refractivity contribution in [2.24, 2.45) is 4.99 Å². The number of carbonyl (C=O) groups is 2. The van der Waals surface area contributed by atoms with Crippen molar-refractivity contribution in [1.29, 1.82) is 0 Å². The Morgan fingerprint density at radius 2 is 1.91 bits per heavy atom. The number of thioether (sulfide) groups is 1. The van der Waals surface area contributed by atoms with Gasteiger partial charge in [0.25, 0.3) is 5.69 Å². The number of carbonyl (C=O) groups excluding carboxylic acids is 2. The molecule has 1 aliphatic heterocycles. The van der Waals surface area contributed by atoms with Crippen LogP contribution in [0.3, 0.4) is 0 Å². The molecule has 1 atom stereocenters. The third kappa shape index (κ3) is 6.10. The molecule has 1 N–H and O–H groups in total. The van der Waals surface area contributed by atoms with Crippen LogP contribution in [0.25, 0.3) is 0 Å². The molecule has 2 amide bonds. The second-order valence-corrected chi connectivity index (χ2v) is 9.32. The largest absolute Gasteiger partial charge is 0.326 e. The highest BCUT2D eigenvalue weighted by Crippen LogP contribution is 2.33. The van der Waals surface area contributed by atoms with Crippen LogP contribution in [0.15, 0.2) is 71.9 Å². The maximum atomic E-state index is 13.3. The molecule has 0 bridgehead atoms. The van der Waals surface area contributed by atoms with Gasteiger partial charge in [-0.1, -0.05) is 30.0 Å². The van der Waals surface area contributed by atoms with E-state index in [4.69, 9.17) is 4.99 Å². The Morgan fingerprint density at radius 1 is 1.14 bits per heavy atom. The van der Waals surface area contributed by atoms with Gasteiger partial charge in [-0.3, -0.25) is 29.6 Å². The second-order valence-electron chi connectivity index (χ2n) is 8.15. The number of anilines is 1. The fourth-order valence-electron chi connectivity index (χ4n) is 3.73. The van der Waals surface area contributed by atoms with Gasteiger partial charge < -0.3 is 5.32 Å². The highest BCUT2D eigenvalue weighted by molar-refractivity contribution is 8.15. The van der Waals surface area contributed by atoms with Crippen molar-refractivity contribution in [3.05, 3.63) is 93.8 Å². The molecule has 0 spiro atoms. The number of hydrogen-bond acceptors (Lipinski definition) is 7. The molecular formula is C25H23N5O4S. The second kappa shape index (κ2) is 10.5. The summed E-state index contributed by atoms with van der Waals surface area (Å²) in [5.41, 5.74) is 3.72. The number of aliphatic imine (C=N–C) groups is 1. The SMILES string of the molecule is Cc1cc(C)cc(N=C2SC(CC(=O)Nc3cccc([N+](=O)[O-])c3)C(=O)N2Cc2ccccn2)c1. The Bertz CT molecular complexity index is 1290. The minimum absolute atomic E-state index is 0.100. The topological polar surface area (TPSA) is 118 Å². The summed E-state index contributed by atoms with van der Waals surface area (Å²) in [5, 5.41) is 13.5. The normalized spacial score (nSPS) is 16.5. The van der Waals surface area contributed by atoms with E-state index < -0.39 is 16.1 Å². The Kier molecular flexibility index (Phi) is 7.21. The third-order valence-electron chi connectivity index (χ3n) is 5.21. The number of pyridine rings is 1. The molecule has 1 saturated heterocycles. The number of nitro benzene ring substituents is 1. The summed E-state index contributed by atoms with van der Waals surface area (Å²) in [6.07, 6.45) is 1.56. The summed E-state index contributed by atoms with van der Waals surface area (Å²) < 4.78 is 0. The standard InChI is InChI=1S/C25H23N5O4S/c1-16-10-17(2)12-20(11-16)28-25-29(15-19-6-3-4-9-26-19)24(32)22(35-25)14-23(31)27-18-7-5-8-21(13-18)30(33)34/h3-13,22H,14-15H2,1-2H3,(H,27,31). The number of nitrogens with one attached hydrogen (secondary N) is 1. The van der Waals surface area contributed by atoms with E-state index in [1.54, 1.807) is 23.2 Å². The van der Waals surface area contributed by atoms with Gasteiger partial charge in [0.2, 0.25) is 11.8 Å². The average molecular weight is 490 g/mol. The Balaban J connectivity index is 1.55. The zero-order valence-corrected chi connectivity index (χ0v) is 20.0. The van der Waals surface area contributed by atoms with Gasteiger partial charge in [-0.15, -0.1) is 0 Å². The van der Waals surface area contributed by atoms with Gasteiger partial charge in [0.05, 0.1) is 22.8 Å². The van der Waals surface area contributed by atoms with Crippen molar-refractivity contribution in [3.8, 4) is 0 Å². The van der Waals surface area contributed by atoms with Crippen molar-refractivity contribution >= 4 is 45.8 Å². The fourth-order valence-corrected chi connectivity index (χ4v) is 4.88. The molecule has 2 aromatic carbocycles. The van der Waals surface area contributed by atoms with Crippen molar-refractivity contribution in [2.45, 2.75) is 32.1 Å². The van der Waals surface area contributed by atoms with Crippen molar-refractivity contribution in [1.82, 2.24) is 9.88 Å². The number of non-ortho nitro benzene ring substituents is 1. The highest BCUT2D eigenvalue weighted by atomic mass is 32.2. The summed E-state index contributed by atoms with van der Waals surface area (Å²) >= 11 is 1.23. The number of aryl methyl sites for hydroxylation is 2. The fraction of sp³-hybridized carbons (Fsp3) is 0.200. The lowest BCUT2D eigenvalue weighted by atomic mass is 10.1. The average Bonchev–Trinajstić information content (AvgIpc) is 3.08. The van der Waals surface area contributed by atoms with E-state index in [9.17, 15) is 19.7 Å². The van der Waals surface area contributed by atoms with Gasteiger partial charge in [-0.25, -0.2) is 4.99 Å². The van der Waals surface area contributed by atoms with Crippen LogP contribution >= 0.6 is 11.8 Å². The lowest BCUT2D eigenvalue weighted by Gasteiger charge is -2.16. The lowest BCUT2D eigenvalue weighted by Crippen LogP contribution is -2.33. The molecule has 10 heteroatoms. The summed E-state index contributed by atoms with van der Waals surface area (Å²) in [6.45, 7) is 4.20. The summed E-state index contributed by atoms with van der Waals surface area (Å²) in [7, 11) is 0. The number of amides is 2. The van der Waals surface area contributed by atoms with Crippen molar-refractivity contribution in [3.63, 3.8) is 0 Å². The molecule has 1 unspecified atom stereocenters. The molecule has 4 rings (SSSR count). The van der Waals surface area contributed by atoms with Crippen LogP contribution in [-0.4, -0.2) is 37.0 Å². The number of nitro groups is 1. The molecule has 35 heavy (non-hydrogen) atoms. The third-order valence-corrected chi connectivity index (χ3v) is 6.38. The van der Waals surface area contributed by atoms with Gasteiger partial charge in [0.1, 0.15) is 5.25 Å². The predicted octanol–water partition coefficient (Wildman–Crippen LogP) is 4.77. The first-order valence-corrected chi connectivity index (χ1v) is 11.8. The van der Waals surface area contributed by atoms with E-state index >= 15 is 0 Å². The van der Waals surface area contributed by atoms with Gasteiger partial charge >= 0.3 is 0 Å². The number of benzene rings is 2. The first kappa shape index (κ1) is 24.1. The molecule has 0 saturated carbocycles. The smallest absolute Gasteiger partial charge is 0.271 e. The number of aromatic nitrogens is 1. The van der Waals surface area contributed by atoms with E-state index in [2.05, 4.69) is 10.3 Å². The number of amidine groups is 1. The van der Waals surface area contributed by atoms with E-state index in [0.717, 1.165) is 16.8 Å². The summed E-state index contributed by atoms with van der Waals surface area (Å²) in [4.78, 5) is 47.1. The van der Waals surface area contributed by atoms with Gasteiger partial charge in [-0.05, 0) is 55.3 Å². The van der Waals surface area contributed by atoms with Crippen LogP contribution in [0, 0.1) is 24.0 Å². The molecule has 2 heterocycles. The molecular weight excluding hydrogens is 466 g/mol. The lowest BCUT2D eigenvalue weighted by molar-refractivity contribution is -0.384. The van der Waals surface area contributed by atoms with Crippen LogP contribution < -0.4 is 5.32 Å². The first-order valence-electron chi connectivity index (χ1n) is 10.9. The highest BCUT2D eigenvalue weighted by Gasteiger charge is 2.39. The number of rotatable bonds is 7. The predicted molar refractivity (Wildman–Crippen MR) is 136 cm³/mol. The van der Waals surface area contributed by atoms with Crippen LogP contribution in [0.4, 0.5) is 17.1 Å². The molecule has 1 fully saturated rings. The first-order chi connectivity index (χ1) is 16.8. The molecule has 3 aromatic rings. The molecule has 0 radical (unpaired) electrons. The van der Waals surface area contributed by atoms with Crippen LogP contribution in [0.1, 0.15) is 23.2 Å². The van der Waals surface area contributed by atoms with E-state index in [0.29, 0.717) is 16.5 Å². The summed E-state index contributed by atoms with van der Waals surface area (Å²) in [5.74, 6) is -0.653. The number of hydrogen-bond donors (Lipinski definition) is 1. The van der Waals surface area contributed by atoms with E-state index in [-0.39, 0.29) is 24.6 Å². The summed E-state index contributed by atoms with van der Waals surface area (Å²) in [6, 6.07) is 17.1. The van der Waals surface area contributed by atoms with Crippen molar-refractivity contribution in [2.75, 3.05) is 5.32 Å². The minimum Gasteiger partial charge on any atom is -0.326 e. The molecule has 9 nitrogen and oxygen atoms in total. The molecule has 178 valence electrons. The van der Waals surface area contributed by atoms with Gasteiger partial charge in [0, 0.05) is 30.4 Å². The zero-order chi connectivity index (χ0) is 24.9. The quantitative estimate of drug-likeness (QED) is 0.377. The molecule has 1 aliphatic rings. The monoisotopic (exact) mass is 489 g/mol. The van der Waals surface area contributed by atoms with Crippen molar-refractivity contribution < 1.29 is 14.5 Å². The number of nitrogens with zero attached hydrogens (tertiary/aromatic N) is 4. The van der Waals surface area contributed by atoms with E-state index in [1.165, 1.54) is 30.0 Å². The van der Waals surface area contributed by atoms with Crippen LogP contribution in [0.2, 0.25) is 0 Å². The molecule has 1 aromatic heterocycles. The van der Waals surface area contributed by atoms with Gasteiger partial charge in [-0.2, -0.15) is 0 Å². The molecule has 0 aliphatic carbocycles. The van der Waals surface area contributed by atoms with E-state index in [1.807, 2.05) is 44.2 Å². The maximum Gasteiger partial charge on any atom is 0.271 e. The Morgan fingerprint density at radius 3 is 2.60 bits per heavy atom. The minimum atomic E-state index is -0.679. The van der Waals surface area contributed by atoms with Crippen LogP contribution in [-0.2, 0) is 16.1 Å². The Labute approximate surface area is 206 Å². The maximum absolute atomic E-state index is 13.3. The van der Waals surface area contributed by atoms with Gasteiger partial charge in [0.15, 0.2) is 5.17 Å². The zero-order valence-electron chi connectivity index (χ0n) is 19.2. The van der Waals surface area contributed by atoms with Crippen LogP contribution in [0.5, 0.6) is 0 Å². The Hall–Kier alpha value is -4.05.